The summed E-state index contributed by atoms with van der Waals surface area (Å²) in [7, 11) is 1.63. The van der Waals surface area contributed by atoms with Crippen molar-refractivity contribution < 1.29 is 19.4 Å². The average molecular weight is 248 g/mol. The predicted molar refractivity (Wildman–Crippen MR) is 67.3 cm³/mol. The number of methoxy groups -OCH3 is 1. The van der Waals surface area contributed by atoms with Crippen molar-refractivity contribution in [3.8, 4) is 17.6 Å². The molecule has 0 heterocycles. The number of aliphatic carboxylic acids is 1. The molecule has 0 bridgehead atoms. The predicted octanol–water partition coefficient (Wildman–Crippen LogP) is 2.08. The Balaban J connectivity index is 2.14. The summed E-state index contributed by atoms with van der Waals surface area (Å²) in [6, 6.07) is 7.67. The molecule has 4 heteroatoms. The molecular formula is C14H16O4. The van der Waals surface area contributed by atoms with Crippen LogP contribution in [0.25, 0.3) is 0 Å². The first-order valence-corrected chi connectivity index (χ1v) is 5.65. The van der Waals surface area contributed by atoms with Gasteiger partial charge < -0.3 is 14.6 Å². The maximum absolute atomic E-state index is 10.1. The van der Waals surface area contributed by atoms with Gasteiger partial charge in [-0.05, 0) is 24.1 Å². The summed E-state index contributed by atoms with van der Waals surface area (Å²) < 4.78 is 10.5. The molecule has 0 fully saturated rings. The minimum atomic E-state index is -1.09. The lowest BCUT2D eigenvalue weighted by Gasteiger charge is -2.04. The van der Waals surface area contributed by atoms with E-state index < -0.39 is 5.97 Å². The molecule has 0 saturated heterocycles. The fourth-order valence-corrected chi connectivity index (χ4v) is 1.31. The number of carboxylic acid groups (broad SMARTS) is 1. The largest absolute Gasteiger partial charge is 0.497 e. The van der Waals surface area contributed by atoms with Crippen LogP contribution in [0.5, 0.6) is 5.75 Å². The highest BCUT2D eigenvalue weighted by atomic mass is 16.5. The molecule has 0 unspecified atom stereocenters. The van der Waals surface area contributed by atoms with Gasteiger partial charge in [-0.25, -0.2) is 4.79 Å². The molecule has 0 saturated carbocycles. The number of ether oxygens (including phenoxy) is 2. The lowest BCUT2D eigenvalue weighted by molar-refractivity contribution is -0.130. The molecule has 0 spiro atoms. The number of hydrogen-bond donors (Lipinski definition) is 1. The number of carbonyl (C=O) groups is 1. The van der Waals surface area contributed by atoms with E-state index in [0.717, 1.165) is 17.7 Å². The normalized spacial score (nSPS) is 9.39. The van der Waals surface area contributed by atoms with Gasteiger partial charge in [-0.15, -0.1) is 0 Å². The molecule has 96 valence electrons. The zero-order valence-electron chi connectivity index (χ0n) is 10.3. The zero-order valence-corrected chi connectivity index (χ0v) is 10.3. The van der Waals surface area contributed by atoms with Crippen molar-refractivity contribution in [2.24, 2.45) is 0 Å². The minimum absolute atomic E-state index is 0.537. The summed E-state index contributed by atoms with van der Waals surface area (Å²) in [4.78, 5) is 10.1. The number of benzene rings is 1. The third-order valence-electron chi connectivity index (χ3n) is 2.21. The maximum atomic E-state index is 10.1. The third kappa shape index (κ3) is 5.92. The molecule has 0 amide bonds. The van der Waals surface area contributed by atoms with Gasteiger partial charge in [-0.2, -0.15) is 0 Å². The Morgan fingerprint density at radius 2 is 2.06 bits per heavy atom. The Hall–Kier alpha value is -1.99. The van der Waals surface area contributed by atoms with E-state index in [1.807, 2.05) is 24.3 Å². The highest BCUT2D eigenvalue weighted by Crippen LogP contribution is 2.11. The van der Waals surface area contributed by atoms with Crippen molar-refractivity contribution in [3.63, 3.8) is 0 Å². The number of rotatable bonds is 6. The summed E-state index contributed by atoms with van der Waals surface area (Å²) in [5.41, 5.74) is 1.08. The molecular weight excluding hydrogens is 232 g/mol. The van der Waals surface area contributed by atoms with Crippen LogP contribution in [0.4, 0.5) is 0 Å². The van der Waals surface area contributed by atoms with Crippen molar-refractivity contribution in [1.82, 2.24) is 0 Å². The van der Waals surface area contributed by atoms with Gasteiger partial charge in [0.05, 0.1) is 13.7 Å². The molecule has 18 heavy (non-hydrogen) atoms. The third-order valence-corrected chi connectivity index (χ3v) is 2.21. The molecule has 0 atom stereocenters. The molecule has 0 aliphatic carbocycles. The first kappa shape index (κ1) is 14.1. The van der Waals surface area contributed by atoms with Crippen molar-refractivity contribution in [2.45, 2.75) is 19.4 Å². The van der Waals surface area contributed by atoms with E-state index in [1.165, 1.54) is 0 Å². The van der Waals surface area contributed by atoms with Gasteiger partial charge in [0.25, 0.3) is 0 Å². The van der Waals surface area contributed by atoms with Crippen molar-refractivity contribution >= 4 is 5.97 Å². The summed E-state index contributed by atoms with van der Waals surface area (Å²) in [5, 5.41) is 8.29. The van der Waals surface area contributed by atoms with Gasteiger partial charge >= 0.3 is 5.97 Å². The second-order valence-corrected chi connectivity index (χ2v) is 3.61. The van der Waals surface area contributed by atoms with E-state index >= 15 is 0 Å². The molecule has 1 rings (SSSR count). The first-order chi connectivity index (χ1) is 8.72. The molecule has 0 aliphatic rings. The highest BCUT2D eigenvalue weighted by Gasteiger charge is 1.94. The van der Waals surface area contributed by atoms with Crippen LogP contribution < -0.4 is 4.74 Å². The van der Waals surface area contributed by atoms with E-state index in [9.17, 15) is 4.79 Å². The minimum Gasteiger partial charge on any atom is -0.497 e. The molecule has 1 N–H and O–H groups in total. The second kappa shape index (κ2) is 8.15. The van der Waals surface area contributed by atoms with Gasteiger partial charge in [0, 0.05) is 18.9 Å². The molecule has 1 aromatic rings. The van der Waals surface area contributed by atoms with Crippen LogP contribution in [0.3, 0.4) is 0 Å². The number of carboxylic acids is 1. The molecule has 0 aliphatic heterocycles. The van der Waals surface area contributed by atoms with Crippen molar-refractivity contribution in [1.29, 1.82) is 0 Å². The van der Waals surface area contributed by atoms with Crippen LogP contribution >= 0.6 is 0 Å². The van der Waals surface area contributed by atoms with Crippen LogP contribution in [0.1, 0.15) is 18.4 Å². The zero-order chi connectivity index (χ0) is 13.2. The fraction of sp³-hybridized carbons (Fsp3) is 0.357. The quantitative estimate of drug-likeness (QED) is 0.618. The Labute approximate surface area is 107 Å². The molecule has 4 nitrogen and oxygen atoms in total. The van der Waals surface area contributed by atoms with E-state index in [4.69, 9.17) is 14.6 Å². The lowest BCUT2D eigenvalue weighted by atomic mass is 10.2. The second-order valence-electron chi connectivity index (χ2n) is 3.61. The molecule has 0 radical (unpaired) electrons. The van der Waals surface area contributed by atoms with Gasteiger partial charge in [0.1, 0.15) is 5.75 Å². The van der Waals surface area contributed by atoms with Crippen LogP contribution in [0, 0.1) is 11.8 Å². The maximum Gasteiger partial charge on any atom is 0.381 e. The Morgan fingerprint density at radius 1 is 1.33 bits per heavy atom. The van der Waals surface area contributed by atoms with Crippen LogP contribution in [-0.2, 0) is 16.1 Å². The summed E-state index contributed by atoms with van der Waals surface area (Å²) in [6.07, 6.45) is 1.27. The molecule has 0 aromatic heterocycles. The Bertz CT molecular complexity index is 425. The van der Waals surface area contributed by atoms with Crippen LogP contribution in [0.2, 0.25) is 0 Å². The summed E-state index contributed by atoms with van der Waals surface area (Å²) in [5.74, 6) is 4.35. The fourth-order valence-electron chi connectivity index (χ4n) is 1.31. The smallest absolute Gasteiger partial charge is 0.381 e. The average Bonchev–Trinajstić information content (AvgIpc) is 2.38. The summed E-state index contributed by atoms with van der Waals surface area (Å²) >= 11 is 0. The lowest BCUT2D eigenvalue weighted by Crippen LogP contribution is -1.95. The van der Waals surface area contributed by atoms with Gasteiger partial charge in [0.15, 0.2) is 0 Å². The SMILES string of the molecule is COc1ccc(COCCCC#CC(=O)O)cc1. The van der Waals surface area contributed by atoms with Crippen molar-refractivity contribution in [2.75, 3.05) is 13.7 Å². The summed E-state index contributed by atoms with van der Waals surface area (Å²) in [6.45, 7) is 1.11. The Kier molecular flexibility index (Phi) is 6.37. The highest BCUT2D eigenvalue weighted by molar-refractivity contribution is 5.86. The van der Waals surface area contributed by atoms with E-state index in [2.05, 4.69) is 11.8 Å². The van der Waals surface area contributed by atoms with Gasteiger partial charge in [-0.3, -0.25) is 0 Å². The van der Waals surface area contributed by atoms with Crippen molar-refractivity contribution in [3.05, 3.63) is 29.8 Å². The van der Waals surface area contributed by atoms with Crippen LogP contribution in [0.15, 0.2) is 24.3 Å². The van der Waals surface area contributed by atoms with Crippen LogP contribution in [-0.4, -0.2) is 24.8 Å². The molecule has 1 aromatic carbocycles. The first-order valence-electron chi connectivity index (χ1n) is 5.65. The van der Waals surface area contributed by atoms with Gasteiger partial charge in [0.2, 0.25) is 0 Å². The standard InChI is InChI=1S/C14H16O4/c1-17-13-8-6-12(7-9-13)11-18-10-4-2-3-5-14(15)16/h6-9H,2,4,10-11H2,1H3,(H,15,16). The van der Waals surface area contributed by atoms with E-state index in [-0.39, 0.29) is 0 Å². The van der Waals surface area contributed by atoms with E-state index in [1.54, 1.807) is 7.11 Å². The Morgan fingerprint density at radius 3 is 2.67 bits per heavy atom. The monoisotopic (exact) mass is 248 g/mol. The van der Waals surface area contributed by atoms with Gasteiger partial charge in [-0.1, -0.05) is 18.1 Å². The topological polar surface area (TPSA) is 55.8 Å². The van der Waals surface area contributed by atoms with E-state index in [0.29, 0.717) is 19.6 Å². The number of unbranched alkanes of at least 4 members (excludes halogenated alkanes) is 1. The number of hydrogen-bond acceptors (Lipinski definition) is 3.